The number of aldehydes is 1. The van der Waals surface area contributed by atoms with Crippen LogP contribution in [0.25, 0.3) is 10.9 Å². The summed E-state index contributed by atoms with van der Waals surface area (Å²) in [4.78, 5) is 10.6. The molecule has 0 aliphatic rings. The van der Waals surface area contributed by atoms with Gasteiger partial charge in [-0.05, 0) is 28.1 Å². The van der Waals surface area contributed by atoms with Gasteiger partial charge >= 0.3 is 0 Å². The molecule has 1 N–H and O–H groups in total. The minimum Gasteiger partial charge on any atom is -0.298 e. The molecule has 2 rings (SSSR count). The topological polar surface area (TPSA) is 45.8 Å². The number of H-pyrrole nitrogens is 1. The van der Waals surface area contributed by atoms with Crippen LogP contribution in [0.3, 0.4) is 0 Å². The molecule has 0 spiro atoms. The van der Waals surface area contributed by atoms with Crippen LogP contribution in [0, 0.1) is 0 Å². The molecule has 0 bridgehead atoms. The molecule has 0 aliphatic carbocycles. The maximum Gasteiger partial charge on any atom is 0.152 e. The lowest BCUT2D eigenvalue weighted by molar-refractivity contribution is 0.112. The van der Waals surface area contributed by atoms with Crippen molar-refractivity contribution in [1.29, 1.82) is 0 Å². The molecule has 1 heterocycles. The van der Waals surface area contributed by atoms with Crippen molar-refractivity contribution < 1.29 is 4.79 Å². The Balaban J connectivity index is 2.89. The molecule has 0 atom stereocenters. The number of nitrogens with one attached hydrogen (secondary N) is 1. The van der Waals surface area contributed by atoms with E-state index in [0.29, 0.717) is 11.1 Å². The van der Waals surface area contributed by atoms with Crippen molar-refractivity contribution in [1.82, 2.24) is 10.2 Å². The van der Waals surface area contributed by atoms with Gasteiger partial charge in [0.05, 0.1) is 0 Å². The number of aromatic nitrogens is 2. The molecule has 1 aromatic carbocycles. The summed E-state index contributed by atoms with van der Waals surface area (Å²) in [6, 6.07) is 5.46. The van der Waals surface area contributed by atoms with Crippen LogP contribution in [-0.4, -0.2) is 16.5 Å². The van der Waals surface area contributed by atoms with E-state index in [4.69, 9.17) is 0 Å². The van der Waals surface area contributed by atoms with E-state index in [0.717, 1.165) is 16.3 Å². The van der Waals surface area contributed by atoms with Crippen molar-refractivity contribution in [2.24, 2.45) is 0 Å². The predicted octanol–water partition coefficient (Wildman–Crippen LogP) is 2.14. The second-order valence-corrected chi connectivity index (χ2v) is 3.19. The maximum absolute atomic E-state index is 10.6. The molecule has 3 nitrogen and oxygen atoms in total. The van der Waals surface area contributed by atoms with Gasteiger partial charge in [0, 0.05) is 10.9 Å². The Morgan fingerprint density at radius 2 is 2.33 bits per heavy atom. The van der Waals surface area contributed by atoms with E-state index in [-0.39, 0.29) is 0 Å². The maximum atomic E-state index is 10.6. The standard InChI is InChI=1S/C8H5BrN2O/c9-8-6-3-1-2-5(4-12)7(6)10-11-8/h1-4H,(H,10,11). The fourth-order valence-corrected chi connectivity index (χ4v) is 1.53. The fraction of sp³-hybridized carbons (Fsp3) is 0. The van der Waals surface area contributed by atoms with Gasteiger partial charge in [0.25, 0.3) is 0 Å². The molecule has 2 aromatic rings. The fourth-order valence-electron chi connectivity index (χ4n) is 1.12. The zero-order chi connectivity index (χ0) is 8.55. The number of para-hydroxylation sites is 1. The summed E-state index contributed by atoms with van der Waals surface area (Å²) in [6.45, 7) is 0. The zero-order valence-electron chi connectivity index (χ0n) is 6.04. The summed E-state index contributed by atoms with van der Waals surface area (Å²) in [5.74, 6) is 0. The van der Waals surface area contributed by atoms with E-state index in [1.54, 1.807) is 6.07 Å². The van der Waals surface area contributed by atoms with Gasteiger partial charge in [-0.3, -0.25) is 9.89 Å². The van der Waals surface area contributed by atoms with Crippen LogP contribution in [0.2, 0.25) is 0 Å². The molecular weight excluding hydrogens is 220 g/mol. The third-order valence-electron chi connectivity index (χ3n) is 1.70. The minimum atomic E-state index is 0.606. The van der Waals surface area contributed by atoms with Crippen LogP contribution in [0.1, 0.15) is 10.4 Å². The van der Waals surface area contributed by atoms with Crippen molar-refractivity contribution in [3.8, 4) is 0 Å². The Hall–Kier alpha value is -1.16. The van der Waals surface area contributed by atoms with E-state index in [2.05, 4.69) is 26.1 Å². The quantitative estimate of drug-likeness (QED) is 0.755. The molecule has 0 saturated heterocycles. The minimum absolute atomic E-state index is 0.606. The van der Waals surface area contributed by atoms with Crippen molar-refractivity contribution in [3.63, 3.8) is 0 Å². The third kappa shape index (κ3) is 0.956. The Morgan fingerprint density at radius 3 is 3.08 bits per heavy atom. The van der Waals surface area contributed by atoms with Crippen molar-refractivity contribution in [2.75, 3.05) is 0 Å². The van der Waals surface area contributed by atoms with Crippen LogP contribution < -0.4 is 0 Å². The van der Waals surface area contributed by atoms with Crippen LogP contribution in [-0.2, 0) is 0 Å². The molecule has 60 valence electrons. The molecule has 0 radical (unpaired) electrons. The van der Waals surface area contributed by atoms with Crippen LogP contribution in [0.4, 0.5) is 0 Å². The van der Waals surface area contributed by atoms with Gasteiger partial charge in [0.15, 0.2) is 6.29 Å². The first-order valence-corrected chi connectivity index (χ1v) is 4.20. The van der Waals surface area contributed by atoms with Crippen LogP contribution in [0.15, 0.2) is 22.8 Å². The highest BCUT2D eigenvalue weighted by atomic mass is 79.9. The molecule has 0 fully saturated rings. The van der Waals surface area contributed by atoms with Crippen molar-refractivity contribution in [2.45, 2.75) is 0 Å². The Morgan fingerprint density at radius 1 is 1.50 bits per heavy atom. The number of halogens is 1. The monoisotopic (exact) mass is 224 g/mol. The second kappa shape index (κ2) is 2.71. The molecule has 1 aromatic heterocycles. The van der Waals surface area contributed by atoms with Gasteiger partial charge in [-0.15, -0.1) is 0 Å². The van der Waals surface area contributed by atoms with Crippen molar-refractivity contribution in [3.05, 3.63) is 28.4 Å². The number of fused-ring (bicyclic) bond motifs is 1. The summed E-state index contributed by atoms with van der Waals surface area (Å²) in [5, 5.41) is 7.68. The smallest absolute Gasteiger partial charge is 0.152 e. The van der Waals surface area contributed by atoms with Gasteiger partial charge in [0.1, 0.15) is 10.1 Å². The normalized spacial score (nSPS) is 10.4. The SMILES string of the molecule is O=Cc1cccc2c(Br)[nH]nc12. The van der Waals surface area contributed by atoms with E-state index in [1.165, 1.54) is 0 Å². The third-order valence-corrected chi connectivity index (χ3v) is 2.30. The lowest BCUT2D eigenvalue weighted by atomic mass is 10.2. The Kier molecular flexibility index (Phi) is 1.69. The molecule has 4 heteroatoms. The zero-order valence-corrected chi connectivity index (χ0v) is 7.63. The second-order valence-electron chi connectivity index (χ2n) is 2.40. The first kappa shape index (κ1) is 7.49. The van der Waals surface area contributed by atoms with E-state index < -0.39 is 0 Å². The summed E-state index contributed by atoms with van der Waals surface area (Å²) in [5.41, 5.74) is 1.31. The summed E-state index contributed by atoms with van der Waals surface area (Å²) in [7, 11) is 0. The molecule has 0 unspecified atom stereocenters. The van der Waals surface area contributed by atoms with Gasteiger partial charge in [-0.1, -0.05) is 6.07 Å². The summed E-state index contributed by atoms with van der Waals surface area (Å²) >= 11 is 3.30. The lowest BCUT2D eigenvalue weighted by Gasteiger charge is -1.90. The number of carbonyl (C=O) groups is 1. The highest BCUT2D eigenvalue weighted by Crippen LogP contribution is 2.22. The Bertz CT molecular complexity index is 436. The first-order chi connectivity index (χ1) is 5.83. The highest BCUT2D eigenvalue weighted by Gasteiger charge is 2.05. The molecule has 0 saturated carbocycles. The molecule has 0 aliphatic heterocycles. The predicted molar refractivity (Wildman–Crippen MR) is 49.2 cm³/mol. The lowest BCUT2D eigenvalue weighted by Crippen LogP contribution is -1.80. The number of benzene rings is 1. The highest BCUT2D eigenvalue weighted by molar-refractivity contribution is 9.10. The number of aromatic amines is 1. The molecular formula is C8H5BrN2O. The number of carbonyl (C=O) groups excluding carboxylic acids is 1. The van der Waals surface area contributed by atoms with Crippen LogP contribution >= 0.6 is 15.9 Å². The van der Waals surface area contributed by atoms with E-state index in [9.17, 15) is 4.79 Å². The number of hydrogen-bond acceptors (Lipinski definition) is 2. The van der Waals surface area contributed by atoms with Crippen LogP contribution in [0.5, 0.6) is 0 Å². The van der Waals surface area contributed by atoms with Gasteiger partial charge in [-0.25, -0.2) is 0 Å². The van der Waals surface area contributed by atoms with Gasteiger partial charge in [0.2, 0.25) is 0 Å². The largest absolute Gasteiger partial charge is 0.298 e. The summed E-state index contributed by atoms with van der Waals surface area (Å²) < 4.78 is 0.807. The first-order valence-electron chi connectivity index (χ1n) is 3.40. The summed E-state index contributed by atoms with van der Waals surface area (Å²) in [6.07, 6.45) is 0.801. The van der Waals surface area contributed by atoms with E-state index >= 15 is 0 Å². The average Bonchev–Trinajstić information content (AvgIpc) is 2.48. The number of nitrogens with zero attached hydrogens (tertiary/aromatic N) is 1. The average molecular weight is 225 g/mol. The Labute approximate surface area is 76.9 Å². The van der Waals surface area contributed by atoms with Gasteiger partial charge < -0.3 is 0 Å². The van der Waals surface area contributed by atoms with E-state index in [1.807, 2.05) is 12.1 Å². The molecule has 12 heavy (non-hydrogen) atoms. The number of rotatable bonds is 1. The van der Waals surface area contributed by atoms with Gasteiger partial charge in [-0.2, -0.15) is 5.10 Å². The number of hydrogen-bond donors (Lipinski definition) is 1. The van der Waals surface area contributed by atoms with Crippen molar-refractivity contribution >= 4 is 33.1 Å². The molecule has 0 amide bonds.